The van der Waals surface area contributed by atoms with Crippen molar-refractivity contribution in [2.45, 2.75) is 13.5 Å². The Morgan fingerprint density at radius 2 is 2.15 bits per heavy atom. The van der Waals surface area contributed by atoms with Crippen LogP contribution in [0, 0.1) is 5.82 Å². The summed E-state index contributed by atoms with van der Waals surface area (Å²) in [5.41, 5.74) is 0.894. The SMILES string of the molecule is CCOc1cc(F)cc(CNC)c1. The zero-order valence-electron chi connectivity index (χ0n) is 7.93. The van der Waals surface area contributed by atoms with E-state index in [-0.39, 0.29) is 5.82 Å². The molecule has 3 heteroatoms. The van der Waals surface area contributed by atoms with E-state index in [9.17, 15) is 4.39 Å². The highest BCUT2D eigenvalue weighted by molar-refractivity contribution is 5.29. The zero-order chi connectivity index (χ0) is 9.68. The molecule has 0 aromatic heterocycles. The number of hydrogen-bond donors (Lipinski definition) is 1. The molecule has 0 aliphatic rings. The van der Waals surface area contributed by atoms with E-state index in [1.807, 2.05) is 20.0 Å². The molecule has 0 unspecified atom stereocenters. The van der Waals surface area contributed by atoms with E-state index in [4.69, 9.17) is 4.74 Å². The van der Waals surface area contributed by atoms with Crippen molar-refractivity contribution in [1.29, 1.82) is 0 Å². The molecule has 1 rings (SSSR count). The molecule has 2 nitrogen and oxygen atoms in total. The molecule has 1 N–H and O–H groups in total. The van der Waals surface area contributed by atoms with Gasteiger partial charge in [-0.15, -0.1) is 0 Å². The first-order valence-corrected chi connectivity index (χ1v) is 4.33. The predicted molar refractivity (Wildman–Crippen MR) is 50.3 cm³/mol. The second-order valence-corrected chi connectivity index (χ2v) is 2.76. The quantitative estimate of drug-likeness (QED) is 0.770. The summed E-state index contributed by atoms with van der Waals surface area (Å²) in [6.07, 6.45) is 0. The van der Waals surface area contributed by atoms with Crippen LogP contribution in [0.25, 0.3) is 0 Å². The molecule has 0 aliphatic heterocycles. The number of halogens is 1. The van der Waals surface area contributed by atoms with E-state index in [1.165, 1.54) is 12.1 Å². The molecule has 1 aromatic carbocycles. The van der Waals surface area contributed by atoms with Gasteiger partial charge in [-0.1, -0.05) is 0 Å². The van der Waals surface area contributed by atoms with Gasteiger partial charge in [-0.05, 0) is 31.7 Å². The summed E-state index contributed by atoms with van der Waals surface area (Å²) in [6.45, 7) is 3.09. The number of nitrogens with one attached hydrogen (secondary N) is 1. The fraction of sp³-hybridized carbons (Fsp3) is 0.400. The van der Waals surface area contributed by atoms with Gasteiger partial charge in [-0.3, -0.25) is 0 Å². The third-order valence-corrected chi connectivity index (χ3v) is 1.62. The van der Waals surface area contributed by atoms with Crippen molar-refractivity contribution in [1.82, 2.24) is 5.32 Å². The fourth-order valence-electron chi connectivity index (χ4n) is 1.18. The second kappa shape index (κ2) is 4.82. The third-order valence-electron chi connectivity index (χ3n) is 1.62. The maximum atomic E-state index is 13.0. The zero-order valence-corrected chi connectivity index (χ0v) is 7.93. The van der Waals surface area contributed by atoms with E-state index in [2.05, 4.69) is 5.32 Å². The van der Waals surface area contributed by atoms with Gasteiger partial charge in [0, 0.05) is 12.6 Å². The topological polar surface area (TPSA) is 21.3 Å². The highest BCUT2D eigenvalue weighted by Gasteiger charge is 2.00. The number of ether oxygens (including phenoxy) is 1. The normalized spacial score (nSPS) is 10.1. The van der Waals surface area contributed by atoms with Crippen LogP contribution in [0.3, 0.4) is 0 Å². The van der Waals surface area contributed by atoms with Crippen LogP contribution < -0.4 is 10.1 Å². The molecular weight excluding hydrogens is 169 g/mol. The van der Waals surface area contributed by atoms with Gasteiger partial charge in [0.25, 0.3) is 0 Å². The molecule has 0 saturated heterocycles. The molecule has 0 atom stereocenters. The highest BCUT2D eigenvalue weighted by Crippen LogP contribution is 2.16. The molecular formula is C10H14FNO. The first-order chi connectivity index (χ1) is 6.26. The van der Waals surface area contributed by atoms with Crippen LogP contribution in [-0.2, 0) is 6.54 Å². The Balaban J connectivity index is 2.83. The largest absolute Gasteiger partial charge is 0.494 e. The Hall–Kier alpha value is -1.09. The van der Waals surface area contributed by atoms with Gasteiger partial charge < -0.3 is 10.1 Å². The van der Waals surface area contributed by atoms with E-state index in [0.29, 0.717) is 18.9 Å². The standard InChI is InChI=1S/C10H14FNO/c1-3-13-10-5-8(7-12-2)4-9(11)6-10/h4-6,12H,3,7H2,1-2H3. The molecule has 1 aromatic rings. The van der Waals surface area contributed by atoms with E-state index >= 15 is 0 Å². The number of hydrogen-bond acceptors (Lipinski definition) is 2. The van der Waals surface area contributed by atoms with Gasteiger partial charge in [0.1, 0.15) is 11.6 Å². The lowest BCUT2D eigenvalue weighted by Crippen LogP contribution is -2.05. The molecule has 0 saturated carbocycles. The van der Waals surface area contributed by atoms with E-state index in [1.54, 1.807) is 0 Å². The first kappa shape index (κ1) is 9.99. The molecule has 0 aliphatic carbocycles. The van der Waals surface area contributed by atoms with E-state index in [0.717, 1.165) is 5.56 Å². The summed E-state index contributed by atoms with van der Waals surface area (Å²) in [6, 6.07) is 4.73. The smallest absolute Gasteiger partial charge is 0.127 e. The average Bonchev–Trinajstić information content (AvgIpc) is 2.04. The van der Waals surface area contributed by atoms with E-state index < -0.39 is 0 Å². The molecule has 72 valence electrons. The molecule has 0 bridgehead atoms. The monoisotopic (exact) mass is 183 g/mol. The Morgan fingerprint density at radius 1 is 1.38 bits per heavy atom. The second-order valence-electron chi connectivity index (χ2n) is 2.76. The van der Waals surface area contributed by atoms with Crippen molar-refractivity contribution >= 4 is 0 Å². The molecule has 0 fully saturated rings. The van der Waals surface area contributed by atoms with Crippen molar-refractivity contribution in [2.75, 3.05) is 13.7 Å². The van der Waals surface area contributed by atoms with Crippen LogP contribution in [0.1, 0.15) is 12.5 Å². The van der Waals surface area contributed by atoms with Gasteiger partial charge in [0.2, 0.25) is 0 Å². The van der Waals surface area contributed by atoms with Crippen LogP contribution >= 0.6 is 0 Å². The van der Waals surface area contributed by atoms with Crippen molar-refractivity contribution in [3.63, 3.8) is 0 Å². The summed E-state index contributed by atoms with van der Waals surface area (Å²) in [5.74, 6) is 0.337. The predicted octanol–water partition coefficient (Wildman–Crippen LogP) is 1.94. The molecule has 0 radical (unpaired) electrons. The average molecular weight is 183 g/mol. The molecule has 0 spiro atoms. The van der Waals surface area contributed by atoms with Gasteiger partial charge >= 0.3 is 0 Å². The number of benzene rings is 1. The summed E-state index contributed by atoms with van der Waals surface area (Å²) in [7, 11) is 1.82. The Morgan fingerprint density at radius 3 is 2.77 bits per heavy atom. The van der Waals surface area contributed by atoms with Gasteiger partial charge in [0.05, 0.1) is 6.61 Å². The van der Waals surface area contributed by atoms with Crippen LogP contribution in [-0.4, -0.2) is 13.7 Å². The molecule has 13 heavy (non-hydrogen) atoms. The lowest BCUT2D eigenvalue weighted by atomic mass is 10.2. The van der Waals surface area contributed by atoms with Crippen molar-refractivity contribution in [3.8, 4) is 5.75 Å². The van der Waals surface area contributed by atoms with Crippen molar-refractivity contribution < 1.29 is 9.13 Å². The molecule has 0 amide bonds. The van der Waals surface area contributed by atoms with Crippen LogP contribution in [0.5, 0.6) is 5.75 Å². The summed E-state index contributed by atoms with van der Waals surface area (Å²) in [5, 5.41) is 2.96. The third kappa shape index (κ3) is 3.03. The Labute approximate surface area is 77.7 Å². The van der Waals surface area contributed by atoms with Crippen LogP contribution in [0.2, 0.25) is 0 Å². The maximum Gasteiger partial charge on any atom is 0.127 e. The maximum absolute atomic E-state index is 13.0. The van der Waals surface area contributed by atoms with Gasteiger partial charge in [-0.2, -0.15) is 0 Å². The van der Waals surface area contributed by atoms with Crippen molar-refractivity contribution in [3.05, 3.63) is 29.6 Å². The lowest BCUT2D eigenvalue weighted by Gasteiger charge is -2.06. The minimum Gasteiger partial charge on any atom is -0.494 e. The van der Waals surface area contributed by atoms with Crippen LogP contribution in [0.15, 0.2) is 18.2 Å². The fourth-order valence-corrected chi connectivity index (χ4v) is 1.18. The minimum atomic E-state index is -0.254. The minimum absolute atomic E-state index is 0.254. The molecule has 0 heterocycles. The van der Waals surface area contributed by atoms with Crippen LogP contribution in [0.4, 0.5) is 4.39 Å². The summed E-state index contributed by atoms with van der Waals surface area (Å²) >= 11 is 0. The number of rotatable bonds is 4. The first-order valence-electron chi connectivity index (χ1n) is 4.33. The van der Waals surface area contributed by atoms with Gasteiger partial charge in [-0.25, -0.2) is 4.39 Å². The summed E-state index contributed by atoms with van der Waals surface area (Å²) < 4.78 is 18.2. The van der Waals surface area contributed by atoms with Crippen molar-refractivity contribution in [2.24, 2.45) is 0 Å². The van der Waals surface area contributed by atoms with Gasteiger partial charge in [0.15, 0.2) is 0 Å². The Kier molecular flexibility index (Phi) is 3.71. The highest BCUT2D eigenvalue weighted by atomic mass is 19.1. The lowest BCUT2D eigenvalue weighted by molar-refractivity contribution is 0.338. The summed E-state index contributed by atoms with van der Waals surface area (Å²) in [4.78, 5) is 0. The Bertz CT molecular complexity index is 251.